The molecule has 6 heteroatoms. The van der Waals surface area contributed by atoms with Crippen molar-refractivity contribution >= 4 is 17.6 Å². The molecule has 126 valence electrons. The van der Waals surface area contributed by atoms with Crippen LogP contribution in [-0.2, 0) is 4.79 Å². The average Bonchev–Trinajstić information content (AvgIpc) is 2.53. The van der Waals surface area contributed by atoms with E-state index in [1.165, 1.54) is 0 Å². The topological polar surface area (TPSA) is 84.9 Å². The van der Waals surface area contributed by atoms with Crippen LogP contribution in [0.1, 0.15) is 21.5 Å². The van der Waals surface area contributed by atoms with Crippen LogP contribution in [0.15, 0.2) is 36.4 Å². The third kappa shape index (κ3) is 4.25. The average molecular weight is 329 g/mol. The van der Waals surface area contributed by atoms with Crippen molar-refractivity contribution in [2.75, 3.05) is 19.0 Å². The molecule has 0 aliphatic rings. The molecule has 0 aromatic heterocycles. The highest BCUT2D eigenvalue weighted by Gasteiger charge is 2.11. The molecule has 2 aromatic rings. The molecule has 0 aliphatic heterocycles. The van der Waals surface area contributed by atoms with Gasteiger partial charge in [-0.1, -0.05) is 0 Å². The van der Waals surface area contributed by atoms with Gasteiger partial charge in [0, 0.05) is 11.3 Å². The van der Waals surface area contributed by atoms with Crippen LogP contribution < -0.4 is 14.8 Å². The number of nitrogens with one attached hydrogen (secondary N) is 1. The lowest BCUT2D eigenvalue weighted by Gasteiger charge is -2.13. The SMILES string of the molecule is COc1ccc(C(=O)Nc2cc(C)c(OCC(=O)O)c(C)c2)cc1. The number of hydrogen-bond acceptors (Lipinski definition) is 4. The Kier molecular flexibility index (Phi) is 5.42. The Bertz CT molecular complexity index is 729. The number of carbonyl (C=O) groups excluding carboxylic acids is 1. The largest absolute Gasteiger partial charge is 0.497 e. The molecule has 0 atom stereocenters. The van der Waals surface area contributed by atoms with E-state index in [9.17, 15) is 9.59 Å². The van der Waals surface area contributed by atoms with Gasteiger partial charge in [0.25, 0.3) is 5.91 Å². The van der Waals surface area contributed by atoms with Crippen LogP contribution in [0.5, 0.6) is 11.5 Å². The van der Waals surface area contributed by atoms with Crippen molar-refractivity contribution in [1.82, 2.24) is 0 Å². The smallest absolute Gasteiger partial charge is 0.341 e. The quantitative estimate of drug-likeness (QED) is 0.851. The molecular weight excluding hydrogens is 310 g/mol. The van der Waals surface area contributed by atoms with Gasteiger partial charge in [-0.15, -0.1) is 0 Å². The molecule has 0 saturated carbocycles. The van der Waals surface area contributed by atoms with Crippen molar-refractivity contribution in [2.45, 2.75) is 13.8 Å². The number of hydrogen-bond donors (Lipinski definition) is 2. The normalized spacial score (nSPS) is 10.1. The number of methoxy groups -OCH3 is 1. The second kappa shape index (κ2) is 7.50. The van der Waals surface area contributed by atoms with Gasteiger partial charge in [0.15, 0.2) is 6.61 Å². The van der Waals surface area contributed by atoms with Crippen LogP contribution in [0.3, 0.4) is 0 Å². The molecule has 0 heterocycles. The highest BCUT2D eigenvalue weighted by molar-refractivity contribution is 6.04. The Morgan fingerprint density at radius 2 is 1.67 bits per heavy atom. The van der Waals surface area contributed by atoms with E-state index < -0.39 is 12.6 Å². The predicted molar refractivity (Wildman–Crippen MR) is 90.0 cm³/mol. The first-order valence-electron chi connectivity index (χ1n) is 7.32. The molecule has 0 fully saturated rings. The Labute approximate surface area is 140 Å². The summed E-state index contributed by atoms with van der Waals surface area (Å²) in [5.74, 6) is -0.0839. The maximum Gasteiger partial charge on any atom is 0.341 e. The summed E-state index contributed by atoms with van der Waals surface area (Å²) in [5.41, 5.74) is 2.63. The number of amides is 1. The number of carboxylic acids is 1. The van der Waals surface area contributed by atoms with Crippen LogP contribution in [0, 0.1) is 13.8 Å². The van der Waals surface area contributed by atoms with Crippen LogP contribution >= 0.6 is 0 Å². The van der Waals surface area contributed by atoms with Crippen LogP contribution in [-0.4, -0.2) is 30.7 Å². The minimum atomic E-state index is -1.04. The van der Waals surface area contributed by atoms with E-state index in [-0.39, 0.29) is 5.91 Å². The van der Waals surface area contributed by atoms with Crippen molar-refractivity contribution < 1.29 is 24.2 Å². The van der Waals surface area contributed by atoms with Crippen molar-refractivity contribution in [2.24, 2.45) is 0 Å². The first-order valence-corrected chi connectivity index (χ1v) is 7.32. The lowest BCUT2D eigenvalue weighted by atomic mass is 10.1. The molecule has 1 amide bonds. The number of anilines is 1. The van der Waals surface area contributed by atoms with Gasteiger partial charge in [0.2, 0.25) is 0 Å². The van der Waals surface area contributed by atoms with Gasteiger partial charge in [-0.05, 0) is 61.4 Å². The van der Waals surface area contributed by atoms with Crippen molar-refractivity contribution in [1.29, 1.82) is 0 Å². The van der Waals surface area contributed by atoms with E-state index >= 15 is 0 Å². The summed E-state index contributed by atoms with van der Waals surface area (Å²) < 4.78 is 10.3. The maximum atomic E-state index is 12.3. The van der Waals surface area contributed by atoms with Crippen molar-refractivity contribution in [3.05, 3.63) is 53.1 Å². The zero-order chi connectivity index (χ0) is 17.7. The van der Waals surface area contributed by atoms with Gasteiger partial charge in [0.1, 0.15) is 11.5 Å². The van der Waals surface area contributed by atoms with Crippen molar-refractivity contribution in [3.8, 4) is 11.5 Å². The number of aliphatic carboxylic acids is 1. The summed E-state index contributed by atoms with van der Waals surface area (Å²) in [4.78, 5) is 22.9. The molecule has 0 aliphatic carbocycles. The monoisotopic (exact) mass is 329 g/mol. The minimum absolute atomic E-state index is 0.240. The molecule has 0 radical (unpaired) electrons. The number of carboxylic acid groups (broad SMARTS) is 1. The zero-order valence-electron chi connectivity index (χ0n) is 13.8. The molecule has 0 bridgehead atoms. The Balaban J connectivity index is 2.14. The number of ether oxygens (including phenoxy) is 2. The highest BCUT2D eigenvalue weighted by Crippen LogP contribution is 2.27. The van der Waals surface area contributed by atoms with Gasteiger partial charge in [-0.2, -0.15) is 0 Å². The lowest BCUT2D eigenvalue weighted by Crippen LogP contribution is -2.13. The Morgan fingerprint density at radius 3 is 2.17 bits per heavy atom. The molecular formula is C18H19NO5. The fourth-order valence-electron chi connectivity index (χ4n) is 2.33. The fraction of sp³-hybridized carbons (Fsp3) is 0.222. The molecule has 24 heavy (non-hydrogen) atoms. The van der Waals surface area contributed by atoms with Gasteiger partial charge >= 0.3 is 5.97 Å². The summed E-state index contributed by atoms with van der Waals surface area (Å²) in [6, 6.07) is 10.3. The van der Waals surface area contributed by atoms with Crippen LogP contribution in [0.4, 0.5) is 5.69 Å². The number of benzene rings is 2. The number of carbonyl (C=O) groups is 2. The third-order valence-corrected chi connectivity index (χ3v) is 3.41. The molecule has 2 aromatic carbocycles. The van der Waals surface area contributed by atoms with E-state index in [0.717, 1.165) is 11.1 Å². The van der Waals surface area contributed by atoms with E-state index in [0.29, 0.717) is 22.7 Å². The molecule has 0 saturated heterocycles. The first-order chi connectivity index (χ1) is 11.4. The zero-order valence-corrected chi connectivity index (χ0v) is 13.8. The van der Waals surface area contributed by atoms with Crippen LogP contribution in [0.2, 0.25) is 0 Å². The Morgan fingerprint density at radius 1 is 1.08 bits per heavy atom. The fourth-order valence-corrected chi connectivity index (χ4v) is 2.33. The Hall–Kier alpha value is -3.02. The summed E-state index contributed by atoms with van der Waals surface area (Å²) in [5, 5.41) is 11.5. The first kappa shape index (κ1) is 17.3. The van der Waals surface area contributed by atoms with Gasteiger partial charge in [-0.25, -0.2) is 4.79 Å². The second-order valence-electron chi connectivity index (χ2n) is 5.30. The summed E-state index contributed by atoms with van der Waals surface area (Å²) in [6.45, 7) is 3.19. The molecule has 2 N–H and O–H groups in total. The summed E-state index contributed by atoms with van der Waals surface area (Å²) in [7, 11) is 1.56. The molecule has 0 unspecified atom stereocenters. The molecule has 0 spiro atoms. The van der Waals surface area contributed by atoms with Gasteiger partial charge in [-0.3, -0.25) is 4.79 Å². The van der Waals surface area contributed by atoms with Gasteiger partial charge in [0.05, 0.1) is 7.11 Å². The third-order valence-electron chi connectivity index (χ3n) is 3.41. The van der Waals surface area contributed by atoms with E-state index in [1.807, 2.05) is 0 Å². The minimum Gasteiger partial charge on any atom is -0.497 e. The number of aryl methyl sites for hydroxylation is 2. The maximum absolute atomic E-state index is 12.3. The van der Waals surface area contributed by atoms with Crippen LogP contribution in [0.25, 0.3) is 0 Å². The van der Waals surface area contributed by atoms with E-state index in [1.54, 1.807) is 57.4 Å². The van der Waals surface area contributed by atoms with Crippen molar-refractivity contribution in [3.63, 3.8) is 0 Å². The van der Waals surface area contributed by atoms with E-state index in [2.05, 4.69) is 5.32 Å². The lowest BCUT2D eigenvalue weighted by molar-refractivity contribution is -0.139. The second-order valence-corrected chi connectivity index (χ2v) is 5.30. The highest BCUT2D eigenvalue weighted by atomic mass is 16.5. The summed E-state index contributed by atoms with van der Waals surface area (Å²) >= 11 is 0. The predicted octanol–water partition coefficient (Wildman–Crippen LogP) is 3.03. The van der Waals surface area contributed by atoms with E-state index in [4.69, 9.17) is 14.6 Å². The number of rotatable bonds is 6. The van der Waals surface area contributed by atoms with Gasteiger partial charge < -0.3 is 19.9 Å². The molecule has 2 rings (SSSR count). The standard InChI is InChI=1S/C18H19NO5/c1-11-8-14(9-12(2)17(11)24-10-16(20)21)19-18(22)13-4-6-15(23-3)7-5-13/h4-9H,10H2,1-3H3,(H,19,22)(H,20,21). The summed E-state index contributed by atoms with van der Waals surface area (Å²) in [6.07, 6.45) is 0. The molecule has 6 nitrogen and oxygen atoms in total.